The summed E-state index contributed by atoms with van der Waals surface area (Å²) in [6.07, 6.45) is -0.658. The predicted molar refractivity (Wildman–Crippen MR) is 70.6 cm³/mol. The van der Waals surface area contributed by atoms with Crippen LogP contribution in [0.2, 0.25) is 0 Å². The van der Waals surface area contributed by atoms with Gasteiger partial charge in [-0.3, -0.25) is 0 Å². The third-order valence-corrected chi connectivity index (χ3v) is 2.96. The Morgan fingerprint density at radius 3 is 2.06 bits per heavy atom. The van der Waals surface area contributed by atoms with Gasteiger partial charge in [-0.2, -0.15) is 0 Å². The Morgan fingerprint density at radius 1 is 1.06 bits per heavy atom. The first kappa shape index (κ1) is 15.1. The maximum Gasteiger partial charge on any atom is 0.122 e. The third-order valence-electron chi connectivity index (χ3n) is 2.60. The van der Waals surface area contributed by atoms with Crippen molar-refractivity contribution >= 4 is 11.6 Å². The number of rotatable bonds is 7. The molecular formula is C13H19ClO4. The van der Waals surface area contributed by atoms with Gasteiger partial charge >= 0.3 is 0 Å². The molecule has 102 valence electrons. The van der Waals surface area contributed by atoms with E-state index in [9.17, 15) is 10.2 Å². The zero-order chi connectivity index (χ0) is 13.5. The van der Waals surface area contributed by atoms with Crippen LogP contribution in [0, 0.1) is 0 Å². The highest BCUT2D eigenvalue weighted by atomic mass is 35.5. The molecule has 4 nitrogen and oxygen atoms in total. The van der Waals surface area contributed by atoms with Crippen molar-refractivity contribution in [3.05, 3.63) is 23.8 Å². The van der Waals surface area contributed by atoms with E-state index in [0.29, 0.717) is 17.9 Å². The van der Waals surface area contributed by atoms with Crippen molar-refractivity contribution in [1.82, 2.24) is 0 Å². The molecule has 0 saturated carbocycles. The lowest BCUT2D eigenvalue weighted by Gasteiger charge is -2.15. The SMILES string of the molecule is COc1cc(C[C@@H](O)C[C@H](O)CCl)cc(OC)c1. The number of ether oxygens (including phenoxy) is 2. The minimum absolute atomic E-state index is 0.124. The Hall–Kier alpha value is -0.970. The summed E-state index contributed by atoms with van der Waals surface area (Å²) in [5, 5.41) is 19.2. The fraction of sp³-hybridized carbons (Fsp3) is 0.538. The summed E-state index contributed by atoms with van der Waals surface area (Å²) in [6, 6.07) is 5.43. The fourth-order valence-electron chi connectivity index (χ4n) is 1.72. The predicted octanol–water partition coefficient (Wildman–Crippen LogP) is 1.60. The van der Waals surface area contributed by atoms with Gasteiger partial charge in [0.2, 0.25) is 0 Å². The Labute approximate surface area is 112 Å². The molecule has 0 spiro atoms. The van der Waals surface area contributed by atoms with Crippen LogP contribution in [0.5, 0.6) is 11.5 Å². The highest BCUT2D eigenvalue weighted by Crippen LogP contribution is 2.23. The number of hydrogen-bond donors (Lipinski definition) is 2. The molecule has 1 rings (SSSR count). The molecule has 0 aliphatic heterocycles. The maximum absolute atomic E-state index is 9.83. The first-order valence-electron chi connectivity index (χ1n) is 5.73. The molecule has 0 saturated heterocycles. The van der Waals surface area contributed by atoms with Crippen LogP contribution in [0.1, 0.15) is 12.0 Å². The zero-order valence-electron chi connectivity index (χ0n) is 10.6. The molecule has 0 amide bonds. The van der Waals surface area contributed by atoms with Crippen molar-refractivity contribution < 1.29 is 19.7 Å². The van der Waals surface area contributed by atoms with E-state index in [2.05, 4.69) is 0 Å². The molecule has 0 unspecified atom stereocenters. The van der Waals surface area contributed by atoms with Crippen LogP contribution in [0.15, 0.2) is 18.2 Å². The largest absolute Gasteiger partial charge is 0.497 e. The quantitative estimate of drug-likeness (QED) is 0.742. The van der Waals surface area contributed by atoms with Crippen LogP contribution in [0.4, 0.5) is 0 Å². The molecule has 0 radical (unpaired) electrons. The van der Waals surface area contributed by atoms with Crippen molar-refractivity contribution in [3.8, 4) is 11.5 Å². The Bertz CT molecular complexity index is 348. The van der Waals surface area contributed by atoms with Gasteiger partial charge in [0.15, 0.2) is 0 Å². The second-order valence-corrected chi connectivity index (χ2v) is 4.43. The number of hydrogen-bond acceptors (Lipinski definition) is 4. The molecule has 2 atom stereocenters. The number of aliphatic hydroxyl groups is 2. The van der Waals surface area contributed by atoms with Gasteiger partial charge in [-0.1, -0.05) is 0 Å². The van der Waals surface area contributed by atoms with Gasteiger partial charge in [-0.25, -0.2) is 0 Å². The van der Waals surface area contributed by atoms with Gasteiger partial charge in [0.25, 0.3) is 0 Å². The van der Waals surface area contributed by atoms with E-state index in [1.54, 1.807) is 20.3 Å². The van der Waals surface area contributed by atoms with Crippen LogP contribution < -0.4 is 9.47 Å². The van der Waals surface area contributed by atoms with E-state index in [1.807, 2.05) is 12.1 Å². The molecule has 0 bridgehead atoms. The summed E-state index contributed by atoms with van der Waals surface area (Å²) in [4.78, 5) is 0. The molecule has 0 aliphatic rings. The summed E-state index contributed by atoms with van der Waals surface area (Å²) < 4.78 is 10.3. The number of halogens is 1. The van der Waals surface area contributed by atoms with E-state index < -0.39 is 12.2 Å². The minimum Gasteiger partial charge on any atom is -0.497 e. The Kier molecular flexibility index (Phi) is 6.25. The molecule has 1 aromatic carbocycles. The molecule has 18 heavy (non-hydrogen) atoms. The van der Waals surface area contributed by atoms with Crippen molar-refractivity contribution in [2.75, 3.05) is 20.1 Å². The monoisotopic (exact) mass is 274 g/mol. The lowest BCUT2D eigenvalue weighted by Crippen LogP contribution is -2.20. The third kappa shape index (κ3) is 4.72. The standard InChI is InChI=1S/C13H19ClO4/c1-17-12-4-9(5-13(7-12)18-2)3-10(15)6-11(16)8-14/h4-5,7,10-11,15-16H,3,6,8H2,1-2H3/t10-,11+/m1/s1. The van der Waals surface area contributed by atoms with Crippen LogP contribution >= 0.6 is 11.6 Å². The summed E-state index contributed by atoms with van der Waals surface area (Å²) >= 11 is 5.49. The smallest absolute Gasteiger partial charge is 0.122 e. The highest BCUT2D eigenvalue weighted by Gasteiger charge is 2.13. The second-order valence-electron chi connectivity index (χ2n) is 4.12. The van der Waals surface area contributed by atoms with Crippen molar-refractivity contribution in [2.45, 2.75) is 25.0 Å². The molecule has 0 aliphatic carbocycles. The number of aliphatic hydroxyl groups excluding tert-OH is 2. The fourth-order valence-corrected chi connectivity index (χ4v) is 1.84. The first-order chi connectivity index (χ1) is 8.58. The molecular weight excluding hydrogens is 256 g/mol. The normalized spacial score (nSPS) is 14.1. The van der Waals surface area contributed by atoms with Crippen LogP contribution in [-0.4, -0.2) is 42.5 Å². The molecule has 5 heteroatoms. The molecule has 0 aromatic heterocycles. The van der Waals surface area contributed by atoms with E-state index in [0.717, 1.165) is 5.56 Å². The molecule has 0 fully saturated rings. The van der Waals surface area contributed by atoms with Crippen LogP contribution in [0.3, 0.4) is 0 Å². The summed E-state index contributed by atoms with van der Waals surface area (Å²) in [6.45, 7) is 0. The Morgan fingerprint density at radius 2 is 1.61 bits per heavy atom. The average molecular weight is 275 g/mol. The van der Waals surface area contributed by atoms with Crippen molar-refractivity contribution in [3.63, 3.8) is 0 Å². The summed E-state index contributed by atoms with van der Waals surface area (Å²) in [7, 11) is 3.15. The number of methoxy groups -OCH3 is 2. The Balaban J connectivity index is 2.70. The van der Waals surface area contributed by atoms with Gasteiger partial charge in [0.05, 0.1) is 26.4 Å². The van der Waals surface area contributed by atoms with Gasteiger partial charge in [-0.05, 0) is 24.1 Å². The van der Waals surface area contributed by atoms with E-state index in [-0.39, 0.29) is 12.3 Å². The van der Waals surface area contributed by atoms with Crippen molar-refractivity contribution in [1.29, 1.82) is 0 Å². The van der Waals surface area contributed by atoms with Gasteiger partial charge in [-0.15, -0.1) is 11.6 Å². The zero-order valence-corrected chi connectivity index (χ0v) is 11.4. The van der Waals surface area contributed by atoms with E-state index in [4.69, 9.17) is 21.1 Å². The van der Waals surface area contributed by atoms with Crippen LogP contribution in [0.25, 0.3) is 0 Å². The summed E-state index contributed by atoms with van der Waals surface area (Å²) in [5.74, 6) is 1.47. The van der Waals surface area contributed by atoms with Crippen LogP contribution in [-0.2, 0) is 6.42 Å². The number of benzene rings is 1. The van der Waals surface area contributed by atoms with E-state index in [1.165, 1.54) is 0 Å². The maximum atomic E-state index is 9.83. The lowest BCUT2D eigenvalue weighted by atomic mass is 10.0. The van der Waals surface area contributed by atoms with E-state index >= 15 is 0 Å². The highest BCUT2D eigenvalue weighted by molar-refractivity contribution is 6.18. The van der Waals surface area contributed by atoms with Gasteiger partial charge in [0.1, 0.15) is 11.5 Å². The molecule has 2 N–H and O–H groups in total. The second kappa shape index (κ2) is 7.46. The molecule has 0 heterocycles. The van der Waals surface area contributed by atoms with Gasteiger partial charge in [0, 0.05) is 18.4 Å². The first-order valence-corrected chi connectivity index (χ1v) is 6.26. The topological polar surface area (TPSA) is 58.9 Å². The lowest BCUT2D eigenvalue weighted by molar-refractivity contribution is 0.0925. The molecule has 1 aromatic rings. The minimum atomic E-state index is -0.686. The van der Waals surface area contributed by atoms with Crippen molar-refractivity contribution in [2.24, 2.45) is 0 Å². The van der Waals surface area contributed by atoms with Gasteiger partial charge < -0.3 is 19.7 Å². The summed E-state index contributed by atoms with van der Waals surface area (Å²) in [5.41, 5.74) is 0.889. The average Bonchev–Trinajstić information content (AvgIpc) is 2.37. The number of alkyl halides is 1.